The van der Waals surface area contributed by atoms with Crippen molar-refractivity contribution >= 4 is 0 Å². The topological polar surface area (TPSA) is 17.8 Å². The van der Waals surface area contributed by atoms with Gasteiger partial charge in [-0.25, -0.2) is 13.5 Å². The lowest BCUT2D eigenvalue weighted by Gasteiger charge is -2.07. The van der Waals surface area contributed by atoms with Gasteiger partial charge < -0.3 is 0 Å². The molecule has 1 heterocycles. The summed E-state index contributed by atoms with van der Waals surface area (Å²) in [5.41, 5.74) is 3.84. The number of nitrogens with zero attached hydrogens (tertiary/aromatic N) is 2. The van der Waals surface area contributed by atoms with E-state index in [0.29, 0.717) is 11.3 Å². The highest BCUT2D eigenvalue weighted by atomic mass is 19.2. The van der Waals surface area contributed by atoms with Crippen molar-refractivity contribution in [2.24, 2.45) is 0 Å². The Bertz CT molecular complexity index is 1010. The Hall–Kier alpha value is -3.27. The molecule has 4 rings (SSSR count). The van der Waals surface area contributed by atoms with Gasteiger partial charge in [-0.15, -0.1) is 0 Å². The van der Waals surface area contributed by atoms with E-state index in [4.69, 9.17) is 0 Å². The van der Waals surface area contributed by atoms with Gasteiger partial charge in [0.05, 0.1) is 17.1 Å². The van der Waals surface area contributed by atoms with E-state index in [2.05, 4.69) is 5.10 Å². The van der Waals surface area contributed by atoms with Gasteiger partial charge in [0.2, 0.25) is 0 Å². The van der Waals surface area contributed by atoms with E-state index in [1.165, 1.54) is 6.07 Å². The van der Waals surface area contributed by atoms with Crippen LogP contribution in [0, 0.1) is 11.6 Å². The van der Waals surface area contributed by atoms with Crippen molar-refractivity contribution in [3.05, 3.63) is 96.6 Å². The van der Waals surface area contributed by atoms with Crippen LogP contribution in [0.4, 0.5) is 8.78 Å². The third kappa shape index (κ3) is 2.94. The average molecular weight is 332 g/mol. The molecule has 0 bridgehead atoms. The second-order valence-electron chi connectivity index (χ2n) is 5.66. The molecular weight excluding hydrogens is 318 g/mol. The van der Waals surface area contributed by atoms with Crippen LogP contribution in [0.25, 0.3) is 28.2 Å². The van der Waals surface area contributed by atoms with Gasteiger partial charge in [0.15, 0.2) is 11.6 Å². The van der Waals surface area contributed by atoms with Crippen molar-refractivity contribution in [1.82, 2.24) is 9.78 Å². The van der Waals surface area contributed by atoms with Crippen molar-refractivity contribution in [3.8, 4) is 28.2 Å². The summed E-state index contributed by atoms with van der Waals surface area (Å²) in [4.78, 5) is 0. The number of para-hydroxylation sites is 1. The maximum absolute atomic E-state index is 13.7. The lowest BCUT2D eigenvalue weighted by atomic mass is 10.1. The first-order valence-electron chi connectivity index (χ1n) is 7.89. The monoisotopic (exact) mass is 332 g/mol. The van der Waals surface area contributed by atoms with E-state index in [-0.39, 0.29) is 0 Å². The Kier molecular flexibility index (Phi) is 3.86. The number of rotatable bonds is 3. The number of halogens is 2. The molecule has 0 radical (unpaired) electrons. The maximum atomic E-state index is 13.7. The Morgan fingerprint density at radius 2 is 1.32 bits per heavy atom. The molecule has 0 N–H and O–H groups in total. The molecular formula is C21H14F2N2. The fourth-order valence-electron chi connectivity index (χ4n) is 2.76. The summed E-state index contributed by atoms with van der Waals surface area (Å²) in [5, 5.41) is 4.68. The molecule has 0 amide bonds. The lowest BCUT2D eigenvalue weighted by molar-refractivity contribution is 0.509. The first kappa shape index (κ1) is 15.3. The molecule has 0 saturated heterocycles. The molecule has 25 heavy (non-hydrogen) atoms. The molecule has 4 heteroatoms. The van der Waals surface area contributed by atoms with Crippen molar-refractivity contribution in [2.45, 2.75) is 0 Å². The third-order valence-electron chi connectivity index (χ3n) is 4.00. The van der Waals surface area contributed by atoms with Crippen LogP contribution < -0.4 is 0 Å². The van der Waals surface area contributed by atoms with E-state index in [1.54, 1.807) is 10.7 Å². The zero-order valence-electron chi connectivity index (χ0n) is 13.2. The second-order valence-corrected chi connectivity index (χ2v) is 5.66. The number of benzene rings is 3. The standard InChI is InChI=1S/C21H14F2N2/c22-18-12-11-16(13-19(18)23)21-14-20(15-7-3-1-4-8-15)24-25(21)17-9-5-2-6-10-17/h1-14H. The van der Waals surface area contributed by atoms with Crippen molar-refractivity contribution in [1.29, 1.82) is 0 Å². The average Bonchev–Trinajstić information content (AvgIpc) is 3.11. The van der Waals surface area contributed by atoms with Crippen LogP contribution in [-0.4, -0.2) is 9.78 Å². The second kappa shape index (κ2) is 6.32. The summed E-state index contributed by atoms with van der Waals surface area (Å²) in [7, 11) is 0. The Balaban J connectivity index is 1.92. The Morgan fingerprint density at radius 3 is 2.00 bits per heavy atom. The minimum absolute atomic E-state index is 0.567. The fourth-order valence-corrected chi connectivity index (χ4v) is 2.76. The van der Waals surface area contributed by atoms with Crippen LogP contribution in [0.5, 0.6) is 0 Å². The summed E-state index contributed by atoms with van der Waals surface area (Å²) in [6, 6.07) is 25.1. The van der Waals surface area contributed by atoms with Crippen LogP contribution in [-0.2, 0) is 0 Å². The number of hydrogen-bond donors (Lipinski definition) is 0. The van der Waals surface area contributed by atoms with Gasteiger partial charge in [0.25, 0.3) is 0 Å². The summed E-state index contributed by atoms with van der Waals surface area (Å²) in [5.74, 6) is -1.74. The van der Waals surface area contributed by atoms with Gasteiger partial charge in [0.1, 0.15) is 0 Å². The highest BCUT2D eigenvalue weighted by Crippen LogP contribution is 2.29. The highest BCUT2D eigenvalue weighted by molar-refractivity contribution is 5.70. The third-order valence-corrected chi connectivity index (χ3v) is 4.00. The van der Waals surface area contributed by atoms with Gasteiger partial charge in [-0.2, -0.15) is 5.10 Å². The van der Waals surface area contributed by atoms with Crippen LogP contribution >= 0.6 is 0 Å². The first-order valence-corrected chi connectivity index (χ1v) is 7.89. The molecule has 0 atom stereocenters. The molecule has 0 aliphatic heterocycles. The molecule has 0 spiro atoms. The van der Waals surface area contributed by atoms with Gasteiger partial charge in [0, 0.05) is 11.1 Å². The summed E-state index contributed by atoms with van der Waals surface area (Å²) in [6.45, 7) is 0. The minimum Gasteiger partial charge on any atom is -0.232 e. The van der Waals surface area contributed by atoms with Crippen LogP contribution in [0.15, 0.2) is 84.9 Å². The van der Waals surface area contributed by atoms with Gasteiger partial charge in [-0.1, -0.05) is 48.5 Å². The molecule has 3 aromatic carbocycles. The highest BCUT2D eigenvalue weighted by Gasteiger charge is 2.14. The molecule has 122 valence electrons. The van der Waals surface area contributed by atoms with E-state index in [9.17, 15) is 8.78 Å². The van der Waals surface area contributed by atoms with Gasteiger partial charge in [-0.3, -0.25) is 0 Å². The fraction of sp³-hybridized carbons (Fsp3) is 0. The molecule has 4 aromatic rings. The van der Waals surface area contributed by atoms with Gasteiger partial charge in [-0.05, 0) is 36.4 Å². The van der Waals surface area contributed by atoms with E-state index >= 15 is 0 Å². The number of aromatic nitrogens is 2. The summed E-state index contributed by atoms with van der Waals surface area (Å²) >= 11 is 0. The lowest BCUT2D eigenvalue weighted by Crippen LogP contribution is -1.99. The predicted molar refractivity (Wildman–Crippen MR) is 94.4 cm³/mol. The molecule has 0 aliphatic carbocycles. The molecule has 0 fully saturated rings. The van der Waals surface area contributed by atoms with E-state index < -0.39 is 11.6 Å². The van der Waals surface area contributed by atoms with Crippen LogP contribution in [0.3, 0.4) is 0 Å². The van der Waals surface area contributed by atoms with Crippen molar-refractivity contribution in [3.63, 3.8) is 0 Å². The minimum atomic E-state index is -0.875. The largest absolute Gasteiger partial charge is 0.232 e. The molecule has 0 unspecified atom stereocenters. The van der Waals surface area contributed by atoms with E-state index in [0.717, 1.165) is 23.0 Å². The smallest absolute Gasteiger partial charge is 0.159 e. The van der Waals surface area contributed by atoms with Crippen LogP contribution in [0.1, 0.15) is 0 Å². The molecule has 1 aromatic heterocycles. The normalized spacial score (nSPS) is 10.8. The predicted octanol–water partition coefficient (Wildman–Crippen LogP) is 5.48. The SMILES string of the molecule is Fc1ccc(-c2cc(-c3ccccc3)nn2-c2ccccc2)cc1F. The summed E-state index contributed by atoms with van der Waals surface area (Å²) in [6.07, 6.45) is 0. The van der Waals surface area contributed by atoms with Crippen molar-refractivity contribution in [2.75, 3.05) is 0 Å². The molecule has 2 nitrogen and oxygen atoms in total. The van der Waals surface area contributed by atoms with Gasteiger partial charge >= 0.3 is 0 Å². The Labute approximate surface area is 144 Å². The molecule has 0 saturated carbocycles. The van der Waals surface area contributed by atoms with E-state index in [1.807, 2.05) is 66.7 Å². The van der Waals surface area contributed by atoms with Crippen LogP contribution in [0.2, 0.25) is 0 Å². The molecule has 0 aliphatic rings. The summed E-state index contributed by atoms with van der Waals surface area (Å²) < 4.78 is 28.8. The Morgan fingerprint density at radius 1 is 0.640 bits per heavy atom. The number of hydrogen-bond acceptors (Lipinski definition) is 1. The van der Waals surface area contributed by atoms with Crippen molar-refractivity contribution < 1.29 is 8.78 Å². The quantitative estimate of drug-likeness (QED) is 0.485. The zero-order valence-corrected chi connectivity index (χ0v) is 13.2. The maximum Gasteiger partial charge on any atom is 0.159 e. The zero-order chi connectivity index (χ0) is 17.2. The first-order chi connectivity index (χ1) is 12.2.